The summed E-state index contributed by atoms with van der Waals surface area (Å²) in [5.41, 5.74) is 1.47. The predicted octanol–water partition coefficient (Wildman–Crippen LogP) is 6.38. The smallest absolute Gasteiger partial charge is 0.269 e. The van der Waals surface area contributed by atoms with Gasteiger partial charge in [0.1, 0.15) is 34.3 Å². The lowest BCUT2D eigenvalue weighted by atomic mass is 10.2. The van der Waals surface area contributed by atoms with E-state index in [1.54, 1.807) is 53.5 Å². The van der Waals surface area contributed by atoms with Crippen molar-refractivity contribution in [3.63, 3.8) is 0 Å². The Morgan fingerprint density at radius 2 is 1.78 bits per heavy atom. The molecule has 0 bridgehead atoms. The summed E-state index contributed by atoms with van der Waals surface area (Å²) in [5.74, 6) is -2.42. The third-order valence-corrected chi connectivity index (χ3v) is 9.48. The van der Waals surface area contributed by atoms with Crippen LogP contribution in [0.3, 0.4) is 0 Å². The molecule has 6 rings (SSSR count). The van der Waals surface area contributed by atoms with Crippen molar-refractivity contribution in [1.29, 1.82) is 0 Å². The van der Waals surface area contributed by atoms with Gasteiger partial charge in [-0.2, -0.15) is 8.76 Å². The van der Waals surface area contributed by atoms with Crippen LogP contribution >= 0.6 is 23.1 Å². The molecule has 16 heteroatoms. The Bertz CT molecular complexity index is 2130. The van der Waals surface area contributed by atoms with Crippen LogP contribution in [0.1, 0.15) is 5.56 Å². The SMILES string of the molecule is COc1ccc(CN(c2ncns2)S(=O)(=O)c2ccc(Oc3ccc(Cl)cc3-c3ncc4cnccn34)c(F)c2F)c(OC)c1. The van der Waals surface area contributed by atoms with Gasteiger partial charge in [0.2, 0.25) is 10.9 Å². The molecule has 3 heterocycles. The zero-order valence-corrected chi connectivity index (χ0v) is 25.8. The van der Waals surface area contributed by atoms with E-state index in [1.165, 1.54) is 26.4 Å². The Kier molecular flexibility index (Phi) is 8.22. The number of ether oxygens (including phenoxy) is 3. The minimum absolute atomic E-state index is 0.0686. The molecule has 0 amide bonds. The second-order valence-corrected chi connectivity index (χ2v) is 12.3. The van der Waals surface area contributed by atoms with Gasteiger partial charge >= 0.3 is 0 Å². The van der Waals surface area contributed by atoms with Crippen molar-refractivity contribution < 1.29 is 31.4 Å². The summed E-state index contributed by atoms with van der Waals surface area (Å²) in [6, 6.07) is 11.3. The number of fused-ring (bicyclic) bond motifs is 1. The first kappa shape index (κ1) is 30.2. The fraction of sp³-hybridized carbons (Fsp3) is 0.103. The number of hydrogen-bond donors (Lipinski definition) is 0. The molecule has 0 unspecified atom stereocenters. The van der Waals surface area contributed by atoms with Crippen molar-refractivity contribution in [2.45, 2.75) is 11.4 Å². The van der Waals surface area contributed by atoms with E-state index in [0.29, 0.717) is 39.0 Å². The maximum Gasteiger partial charge on any atom is 0.269 e. The average molecular weight is 671 g/mol. The summed E-state index contributed by atoms with van der Waals surface area (Å²) >= 11 is 7.01. The van der Waals surface area contributed by atoms with Gasteiger partial charge in [-0.15, -0.1) is 0 Å². The summed E-state index contributed by atoms with van der Waals surface area (Å²) in [6.45, 7) is -0.327. The van der Waals surface area contributed by atoms with Crippen LogP contribution in [0.2, 0.25) is 5.02 Å². The van der Waals surface area contributed by atoms with E-state index in [0.717, 1.165) is 34.3 Å². The van der Waals surface area contributed by atoms with Gasteiger partial charge in [-0.05, 0) is 42.5 Å². The van der Waals surface area contributed by atoms with E-state index in [4.69, 9.17) is 25.8 Å². The number of halogens is 3. The van der Waals surface area contributed by atoms with Crippen molar-refractivity contribution in [3.05, 3.63) is 102 Å². The minimum Gasteiger partial charge on any atom is -0.497 e. The Morgan fingerprint density at radius 3 is 2.53 bits per heavy atom. The van der Waals surface area contributed by atoms with E-state index < -0.39 is 32.3 Å². The Labute approximate surface area is 264 Å². The first-order valence-electron chi connectivity index (χ1n) is 12.9. The largest absolute Gasteiger partial charge is 0.497 e. The maximum absolute atomic E-state index is 15.7. The topological polar surface area (TPSA) is 121 Å². The molecule has 0 spiro atoms. The molecule has 0 atom stereocenters. The fourth-order valence-electron chi connectivity index (χ4n) is 4.52. The normalized spacial score (nSPS) is 11.5. The number of aromatic nitrogens is 5. The molecule has 0 radical (unpaired) electrons. The number of nitrogens with zero attached hydrogens (tertiary/aromatic N) is 6. The minimum atomic E-state index is -4.73. The molecule has 230 valence electrons. The van der Waals surface area contributed by atoms with Gasteiger partial charge < -0.3 is 14.2 Å². The molecular weight excluding hydrogens is 650 g/mol. The molecule has 0 saturated heterocycles. The third kappa shape index (κ3) is 5.72. The number of sulfonamides is 1. The van der Waals surface area contributed by atoms with Crippen molar-refractivity contribution in [2.24, 2.45) is 0 Å². The number of rotatable bonds is 10. The number of benzene rings is 3. The van der Waals surface area contributed by atoms with Crippen LogP contribution in [-0.2, 0) is 16.6 Å². The molecule has 0 saturated carbocycles. The number of anilines is 1. The Balaban J connectivity index is 1.37. The molecule has 6 aromatic rings. The fourth-order valence-corrected chi connectivity index (χ4v) is 6.88. The summed E-state index contributed by atoms with van der Waals surface area (Å²) in [5, 5.41) is 0.280. The molecule has 3 aromatic carbocycles. The van der Waals surface area contributed by atoms with Gasteiger partial charge in [0.25, 0.3) is 10.0 Å². The highest BCUT2D eigenvalue weighted by Crippen LogP contribution is 2.38. The van der Waals surface area contributed by atoms with E-state index in [2.05, 4.69) is 19.3 Å². The third-order valence-electron chi connectivity index (χ3n) is 6.69. The van der Waals surface area contributed by atoms with Gasteiger partial charge in [0.05, 0.1) is 44.2 Å². The molecule has 0 aliphatic carbocycles. The highest BCUT2D eigenvalue weighted by atomic mass is 35.5. The van der Waals surface area contributed by atoms with E-state index in [1.807, 2.05) is 0 Å². The first-order valence-corrected chi connectivity index (χ1v) is 15.5. The van der Waals surface area contributed by atoms with Gasteiger partial charge in [0, 0.05) is 40.6 Å². The lowest BCUT2D eigenvalue weighted by Gasteiger charge is -2.23. The van der Waals surface area contributed by atoms with Crippen LogP contribution in [-0.4, -0.2) is 46.4 Å². The van der Waals surface area contributed by atoms with E-state index in [-0.39, 0.29) is 17.4 Å². The van der Waals surface area contributed by atoms with E-state index >= 15 is 8.78 Å². The van der Waals surface area contributed by atoms with Crippen LogP contribution in [0.5, 0.6) is 23.0 Å². The average Bonchev–Trinajstić information content (AvgIpc) is 3.73. The lowest BCUT2D eigenvalue weighted by Crippen LogP contribution is -2.31. The monoisotopic (exact) mass is 670 g/mol. The summed E-state index contributed by atoms with van der Waals surface area (Å²) in [7, 11) is -1.85. The van der Waals surface area contributed by atoms with Crippen molar-refractivity contribution in [2.75, 3.05) is 18.5 Å². The van der Waals surface area contributed by atoms with Crippen molar-refractivity contribution >= 4 is 43.8 Å². The molecule has 11 nitrogen and oxygen atoms in total. The summed E-state index contributed by atoms with van der Waals surface area (Å²) in [6.07, 6.45) is 7.58. The predicted molar refractivity (Wildman–Crippen MR) is 163 cm³/mol. The Morgan fingerprint density at radius 1 is 0.956 bits per heavy atom. The van der Waals surface area contributed by atoms with Gasteiger partial charge in [-0.25, -0.2) is 27.1 Å². The highest BCUT2D eigenvalue weighted by molar-refractivity contribution is 7.93. The van der Waals surface area contributed by atoms with Gasteiger partial charge in [0.15, 0.2) is 11.6 Å². The van der Waals surface area contributed by atoms with E-state index in [9.17, 15) is 8.42 Å². The second kappa shape index (κ2) is 12.3. The molecule has 0 N–H and O–H groups in total. The second-order valence-electron chi connectivity index (χ2n) is 9.30. The number of methoxy groups -OCH3 is 2. The van der Waals surface area contributed by atoms with Crippen LogP contribution < -0.4 is 18.5 Å². The molecule has 0 aliphatic rings. The molecule has 3 aromatic heterocycles. The van der Waals surface area contributed by atoms with Gasteiger partial charge in [-0.1, -0.05) is 11.6 Å². The standard InChI is InChI=1S/C29H21ClF2N6O5S2/c1-41-20-5-3-17(24(12-20)42-2)15-38(29-35-16-36-44-29)45(39,40)25-8-7-23(26(31)27(25)32)43-22-6-4-18(30)11-21(22)28-34-14-19-13-33-9-10-37(19)28/h3-14,16H,15H2,1-2H3. The van der Waals surface area contributed by atoms with Crippen molar-refractivity contribution in [1.82, 2.24) is 23.7 Å². The van der Waals surface area contributed by atoms with Crippen LogP contribution in [0, 0.1) is 11.6 Å². The first-order chi connectivity index (χ1) is 21.7. The highest BCUT2D eigenvalue weighted by Gasteiger charge is 2.33. The van der Waals surface area contributed by atoms with Crippen LogP contribution in [0.15, 0.2) is 84.5 Å². The quantitative estimate of drug-likeness (QED) is 0.163. The number of imidazole rings is 1. The summed E-state index contributed by atoms with van der Waals surface area (Å²) in [4.78, 5) is 11.5. The zero-order valence-electron chi connectivity index (χ0n) is 23.4. The van der Waals surface area contributed by atoms with Crippen LogP contribution in [0.25, 0.3) is 16.9 Å². The Hall–Kier alpha value is -4.86. The molecule has 0 fully saturated rings. The number of hydrogen-bond acceptors (Lipinski definition) is 10. The molecular formula is C29H21ClF2N6O5S2. The molecule has 0 aliphatic heterocycles. The van der Waals surface area contributed by atoms with Crippen molar-refractivity contribution in [3.8, 4) is 34.4 Å². The lowest BCUT2D eigenvalue weighted by molar-refractivity contribution is 0.391. The summed E-state index contributed by atoms with van der Waals surface area (Å²) < 4.78 is 82.0. The maximum atomic E-state index is 15.7. The zero-order chi connectivity index (χ0) is 31.7. The molecule has 45 heavy (non-hydrogen) atoms. The van der Waals surface area contributed by atoms with Crippen LogP contribution in [0.4, 0.5) is 13.9 Å². The van der Waals surface area contributed by atoms with Gasteiger partial charge in [-0.3, -0.25) is 9.38 Å².